The van der Waals surface area contributed by atoms with Crippen LogP contribution in [0.1, 0.15) is 21.5 Å². The molecule has 35 heavy (non-hydrogen) atoms. The Labute approximate surface area is 209 Å². The Balaban J connectivity index is 1.40. The molecular formula is C26H29FN4O3S. The predicted octanol–water partition coefficient (Wildman–Crippen LogP) is 3.38. The molecule has 0 saturated carbocycles. The van der Waals surface area contributed by atoms with Gasteiger partial charge in [0.1, 0.15) is 5.82 Å². The van der Waals surface area contributed by atoms with Crippen molar-refractivity contribution < 1.29 is 18.8 Å². The molecule has 184 valence electrons. The van der Waals surface area contributed by atoms with E-state index in [1.54, 1.807) is 42.5 Å². The molecule has 2 fully saturated rings. The molecule has 2 aliphatic heterocycles. The quantitative estimate of drug-likeness (QED) is 0.548. The van der Waals surface area contributed by atoms with Gasteiger partial charge in [0.15, 0.2) is 0 Å². The second-order valence-electron chi connectivity index (χ2n) is 8.96. The summed E-state index contributed by atoms with van der Waals surface area (Å²) in [5.74, 6) is -0.872. The number of imide groups is 1. The maximum atomic E-state index is 13.5. The van der Waals surface area contributed by atoms with Crippen LogP contribution in [0.2, 0.25) is 0 Å². The predicted molar refractivity (Wildman–Crippen MR) is 135 cm³/mol. The minimum absolute atomic E-state index is 0.0127. The van der Waals surface area contributed by atoms with E-state index in [2.05, 4.69) is 23.9 Å². The maximum Gasteiger partial charge on any atom is 0.293 e. The van der Waals surface area contributed by atoms with Crippen molar-refractivity contribution >= 4 is 34.9 Å². The number of amides is 3. The second-order valence-corrected chi connectivity index (χ2v) is 9.95. The standard InChI is InChI=1S/C26H29FN4O3S/c1-28(2)9-10-29-11-13-30(14-12-29)24(32)21-7-3-5-19(15-21)17-23-25(33)31(26(34)35-23)18-20-6-4-8-22(27)16-20/h3-8,15-17H,9-14,18H2,1-2H3/b23-17-. The van der Waals surface area contributed by atoms with E-state index < -0.39 is 17.0 Å². The molecule has 2 aliphatic rings. The molecule has 2 aromatic carbocycles. The van der Waals surface area contributed by atoms with Gasteiger partial charge in [0.05, 0.1) is 11.4 Å². The highest BCUT2D eigenvalue weighted by Crippen LogP contribution is 2.33. The summed E-state index contributed by atoms with van der Waals surface area (Å²) in [4.78, 5) is 46.1. The first kappa shape index (κ1) is 25.1. The molecule has 7 nitrogen and oxygen atoms in total. The van der Waals surface area contributed by atoms with Crippen LogP contribution in [0, 0.1) is 5.82 Å². The van der Waals surface area contributed by atoms with E-state index in [9.17, 15) is 18.8 Å². The van der Waals surface area contributed by atoms with E-state index in [4.69, 9.17) is 0 Å². The second kappa shape index (κ2) is 11.2. The number of carbonyl (C=O) groups is 3. The van der Waals surface area contributed by atoms with Gasteiger partial charge in [-0.05, 0) is 67.3 Å². The first-order chi connectivity index (χ1) is 16.8. The van der Waals surface area contributed by atoms with Gasteiger partial charge in [-0.2, -0.15) is 0 Å². The third-order valence-electron chi connectivity index (χ3n) is 6.06. The number of carbonyl (C=O) groups excluding carboxylic acids is 3. The number of hydrogen-bond donors (Lipinski definition) is 0. The number of thioether (sulfide) groups is 1. The molecular weight excluding hydrogens is 467 g/mol. The van der Waals surface area contributed by atoms with Crippen LogP contribution < -0.4 is 0 Å². The normalized spacial score (nSPS) is 18.2. The van der Waals surface area contributed by atoms with Gasteiger partial charge in [0.25, 0.3) is 17.1 Å². The van der Waals surface area contributed by atoms with Crippen LogP contribution in [-0.2, 0) is 11.3 Å². The van der Waals surface area contributed by atoms with Gasteiger partial charge >= 0.3 is 0 Å². The molecule has 0 bridgehead atoms. The number of rotatable bonds is 7. The summed E-state index contributed by atoms with van der Waals surface area (Å²) in [6.45, 7) is 5.03. The van der Waals surface area contributed by atoms with E-state index >= 15 is 0 Å². The van der Waals surface area contributed by atoms with Crippen LogP contribution in [0.15, 0.2) is 53.4 Å². The lowest BCUT2D eigenvalue weighted by atomic mass is 10.1. The van der Waals surface area contributed by atoms with Crippen LogP contribution in [0.4, 0.5) is 9.18 Å². The Morgan fingerprint density at radius 1 is 1.06 bits per heavy atom. The fourth-order valence-corrected chi connectivity index (χ4v) is 4.90. The monoisotopic (exact) mass is 496 g/mol. The summed E-state index contributed by atoms with van der Waals surface area (Å²) < 4.78 is 13.5. The smallest absolute Gasteiger partial charge is 0.293 e. The molecule has 4 rings (SSSR count). The molecule has 0 unspecified atom stereocenters. The van der Waals surface area contributed by atoms with Crippen molar-refractivity contribution in [3.8, 4) is 0 Å². The van der Waals surface area contributed by atoms with Crippen LogP contribution in [0.3, 0.4) is 0 Å². The van der Waals surface area contributed by atoms with Crippen molar-refractivity contribution in [2.45, 2.75) is 6.54 Å². The summed E-state index contributed by atoms with van der Waals surface area (Å²) in [5, 5.41) is -0.398. The number of piperazine rings is 1. The number of nitrogens with zero attached hydrogens (tertiary/aromatic N) is 4. The molecule has 0 atom stereocenters. The Bertz CT molecular complexity index is 1140. The molecule has 0 spiro atoms. The topological polar surface area (TPSA) is 64.2 Å². The summed E-state index contributed by atoms with van der Waals surface area (Å²) >= 11 is 0.850. The van der Waals surface area contributed by atoms with Gasteiger partial charge in [-0.3, -0.25) is 24.2 Å². The van der Waals surface area contributed by atoms with Gasteiger partial charge in [0, 0.05) is 44.8 Å². The largest absolute Gasteiger partial charge is 0.336 e. The molecule has 2 aromatic rings. The zero-order chi connectivity index (χ0) is 24.9. The fraction of sp³-hybridized carbons (Fsp3) is 0.346. The first-order valence-electron chi connectivity index (χ1n) is 11.6. The summed E-state index contributed by atoms with van der Waals surface area (Å²) in [6.07, 6.45) is 1.63. The lowest BCUT2D eigenvalue weighted by molar-refractivity contribution is -0.123. The molecule has 0 radical (unpaired) electrons. The minimum Gasteiger partial charge on any atom is -0.336 e. The molecule has 9 heteroatoms. The highest BCUT2D eigenvalue weighted by Gasteiger charge is 2.35. The van der Waals surface area contributed by atoms with Gasteiger partial charge in [-0.1, -0.05) is 24.3 Å². The molecule has 2 saturated heterocycles. The van der Waals surface area contributed by atoms with E-state index in [0.717, 1.165) is 42.8 Å². The highest BCUT2D eigenvalue weighted by molar-refractivity contribution is 8.18. The van der Waals surface area contributed by atoms with Gasteiger partial charge in [-0.25, -0.2) is 4.39 Å². The Kier molecular flexibility index (Phi) is 8.00. The van der Waals surface area contributed by atoms with E-state index in [0.29, 0.717) is 29.8 Å². The SMILES string of the molecule is CN(C)CCN1CCN(C(=O)c2cccc(/C=C3\SC(=O)N(Cc4cccc(F)c4)C3=O)c2)CC1. The van der Waals surface area contributed by atoms with E-state index in [1.807, 2.05) is 4.90 Å². The third kappa shape index (κ3) is 6.36. The summed E-state index contributed by atoms with van der Waals surface area (Å²) in [5.41, 5.74) is 1.78. The third-order valence-corrected chi connectivity index (χ3v) is 6.96. The van der Waals surface area contributed by atoms with Crippen molar-refractivity contribution in [1.82, 2.24) is 19.6 Å². The lowest BCUT2D eigenvalue weighted by Gasteiger charge is -2.35. The van der Waals surface area contributed by atoms with E-state index in [1.165, 1.54) is 12.1 Å². The van der Waals surface area contributed by atoms with Gasteiger partial charge in [-0.15, -0.1) is 0 Å². The van der Waals surface area contributed by atoms with Crippen molar-refractivity contribution in [2.75, 3.05) is 53.4 Å². The fourth-order valence-electron chi connectivity index (χ4n) is 4.07. The van der Waals surface area contributed by atoms with Gasteiger partial charge < -0.3 is 9.80 Å². The van der Waals surface area contributed by atoms with Crippen LogP contribution in [0.5, 0.6) is 0 Å². The van der Waals surface area contributed by atoms with Crippen molar-refractivity contribution in [3.05, 3.63) is 75.9 Å². The summed E-state index contributed by atoms with van der Waals surface area (Å²) in [6, 6.07) is 13.0. The Morgan fingerprint density at radius 3 is 2.51 bits per heavy atom. The molecule has 0 aliphatic carbocycles. The average Bonchev–Trinajstić information content (AvgIpc) is 3.10. The van der Waals surface area contributed by atoms with Crippen molar-refractivity contribution in [3.63, 3.8) is 0 Å². The van der Waals surface area contributed by atoms with Crippen molar-refractivity contribution in [2.24, 2.45) is 0 Å². The first-order valence-corrected chi connectivity index (χ1v) is 12.4. The number of likely N-dealkylation sites (N-methyl/N-ethyl adjacent to an activating group) is 1. The number of hydrogen-bond acceptors (Lipinski definition) is 6. The molecule has 0 N–H and O–H groups in total. The van der Waals surface area contributed by atoms with Gasteiger partial charge in [0.2, 0.25) is 0 Å². The Hall–Kier alpha value is -3.01. The van der Waals surface area contributed by atoms with Crippen LogP contribution in [-0.4, -0.2) is 90.0 Å². The van der Waals surface area contributed by atoms with Crippen LogP contribution >= 0.6 is 11.8 Å². The number of halogens is 1. The minimum atomic E-state index is -0.421. The van der Waals surface area contributed by atoms with Crippen LogP contribution in [0.25, 0.3) is 6.08 Å². The number of benzene rings is 2. The summed E-state index contributed by atoms with van der Waals surface area (Å²) in [7, 11) is 4.11. The molecule has 0 aromatic heterocycles. The van der Waals surface area contributed by atoms with E-state index in [-0.39, 0.29) is 17.4 Å². The van der Waals surface area contributed by atoms with Crippen molar-refractivity contribution in [1.29, 1.82) is 0 Å². The Morgan fingerprint density at radius 2 is 1.80 bits per heavy atom. The highest BCUT2D eigenvalue weighted by atomic mass is 32.2. The maximum absolute atomic E-state index is 13.5. The molecule has 3 amide bonds. The zero-order valence-electron chi connectivity index (χ0n) is 19.9. The average molecular weight is 497 g/mol. The zero-order valence-corrected chi connectivity index (χ0v) is 20.8. The lowest BCUT2D eigenvalue weighted by Crippen LogP contribution is -2.49. The molecule has 2 heterocycles.